The highest BCUT2D eigenvalue weighted by Gasteiger charge is 2.31. The van der Waals surface area contributed by atoms with Gasteiger partial charge in [0.1, 0.15) is 18.1 Å². The van der Waals surface area contributed by atoms with Gasteiger partial charge in [0.15, 0.2) is 0 Å². The molecule has 196 valence electrons. The van der Waals surface area contributed by atoms with Crippen LogP contribution in [0, 0.1) is 5.92 Å². The molecule has 37 heavy (non-hydrogen) atoms. The monoisotopic (exact) mass is 507 g/mol. The maximum absolute atomic E-state index is 13.4. The van der Waals surface area contributed by atoms with Gasteiger partial charge in [0.2, 0.25) is 17.7 Å². The normalized spacial score (nSPS) is 13.5. The van der Waals surface area contributed by atoms with Gasteiger partial charge >= 0.3 is 5.97 Å². The molecule has 0 fully saturated rings. The number of para-hydroxylation sites is 1. The summed E-state index contributed by atoms with van der Waals surface area (Å²) in [6.45, 7) is 3.24. The molecular weight excluding hydrogens is 474 g/mol. The summed E-state index contributed by atoms with van der Waals surface area (Å²) >= 11 is 0. The zero-order valence-corrected chi connectivity index (χ0v) is 20.9. The van der Waals surface area contributed by atoms with Crippen LogP contribution in [0.4, 0.5) is 0 Å². The third-order valence-corrected chi connectivity index (χ3v) is 6.08. The van der Waals surface area contributed by atoms with Gasteiger partial charge in [-0.15, -0.1) is 0 Å². The van der Waals surface area contributed by atoms with Gasteiger partial charge in [0.25, 0.3) is 0 Å². The summed E-state index contributed by atoms with van der Waals surface area (Å²) in [7, 11) is 0. The highest BCUT2D eigenvalue weighted by atomic mass is 16.4. The fraction of sp³-hybridized carbons (Fsp3) is 0.333. The smallest absolute Gasteiger partial charge is 0.326 e. The Morgan fingerprint density at radius 3 is 2.16 bits per heavy atom. The number of carboxylic acids is 1. The third kappa shape index (κ3) is 7.40. The van der Waals surface area contributed by atoms with E-state index < -0.39 is 41.8 Å². The number of benzene rings is 2. The number of aromatic amines is 1. The lowest BCUT2D eigenvalue weighted by Gasteiger charge is -2.26. The van der Waals surface area contributed by atoms with Crippen molar-refractivity contribution in [1.82, 2.24) is 20.9 Å². The van der Waals surface area contributed by atoms with Gasteiger partial charge in [-0.2, -0.15) is 0 Å². The Balaban J connectivity index is 1.81. The largest absolute Gasteiger partial charge is 0.480 e. The molecule has 2 aromatic carbocycles. The zero-order valence-electron chi connectivity index (χ0n) is 20.9. The second-order valence-electron chi connectivity index (χ2n) is 9.21. The van der Waals surface area contributed by atoms with Crippen molar-refractivity contribution in [1.29, 1.82) is 0 Å². The molecule has 0 saturated heterocycles. The van der Waals surface area contributed by atoms with E-state index in [9.17, 15) is 24.3 Å². The molecule has 0 spiro atoms. The van der Waals surface area contributed by atoms with Crippen molar-refractivity contribution in [3.05, 3.63) is 71.9 Å². The number of hydrogen-bond donors (Lipinski definition) is 6. The van der Waals surface area contributed by atoms with Crippen LogP contribution in [0.5, 0.6) is 0 Å². The number of carbonyl (C=O) groups excluding carboxylic acids is 3. The van der Waals surface area contributed by atoms with Gasteiger partial charge in [-0.3, -0.25) is 14.4 Å². The predicted molar refractivity (Wildman–Crippen MR) is 139 cm³/mol. The molecule has 10 heteroatoms. The summed E-state index contributed by atoms with van der Waals surface area (Å²) in [5, 5.41) is 18.6. The number of nitrogens with one attached hydrogen (secondary N) is 4. The highest BCUT2D eigenvalue weighted by molar-refractivity contribution is 5.94. The molecule has 3 atom stereocenters. The first-order chi connectivity index (χ1) is 17.7. The molecule has 3 rings (SSSR count). The van der Waals surface area contributed by atoms with E-state index in [0.29, 0.717) is 0 Å². The predicted octanol–water partition coefficient (Wildman–Crippen LogP) is 1.11. The molecule has 0 saturated carbocycles. The van der Waals surface area contributed by atoms with Gasteiger partial charge in [-0.1, -0.05) is 62.4 Å². The van der Waals surface area contributed by atoms with Crippen molar-refractivity contribution in [2.24, 2.45) is 11.7 Å². The molecule has 0 aliphatic rings. The number of nitrogens with two attached hydrogens (primary N) is 1. The zero-order chi connectivity index (χ0) is 26.9. The molecule has 1 heterocycles. The van der Waals surface area contributed by atoms with Crippen LogP contribution in [0.15, 0.2) is 60.8 Å². The van der Waals surface area contributed by atoms with E-state index in [1.54, 1.807) is 20.0 Å². The second kappa shape index (κ2) is 12.7. The van der Waals surface area contributed by atoms with Crippen molar-refractivity contribution in [2.75, 3.05) is 6.54 Å². The quantitative estimate of drug-likeness (QED) is 0.215. The fourth-order valence-corrected chi connectivity index (χ4v) is 4.08. The number of aliphatic carboxylic acids is 1. The number of carboxylic acid groups (broad SMARTS) is 1. The molecule has 3 amide bonds. The van der Waals surface area contributed by atoms with Crippen molar-refractivity contribution in [3.63, 3.8) is 0 Å². The summed E-state index contributed by atoms with van der Waals surface area (Å²) in [6.07, 6.45) is 1.91. The van der Waals surface area contributed by atoms with Crippen LogP contribution < -0.4 is 21.7 Å². The van der Waals surface area contributed by atoms with Crippen LogP contribution in [0.3, 0.4) is 0 Å². The number of carbonyl (C=O) groups is 4. The Labute approximate surface area is 215 Å². The molecule has 0 aliphatic carbocycles. The Kier molecular flexibility index (Phi) is 9.39. The van der Waals surface area contributed by atoms with E-state index in [4.69, 9.17) is 5.73 Å². The van der Waals surface area contributed by atoms with Gasteiger partial charge in [0, 0.05) is 29.9 Å². The molecule has 10 nitrogen and oxygen atoms in total. The summed E-state index contributed by atoms with van der Waals surface area (Å²) in [4.78, 5) is 53.5. The van der Waals surface area contributed by atoms with Crippen molar-refractivity contribution in [3.8, 4) is 0 Å². The van der Waals surface area contributed by atoms with E-state index >= 15 is 0 Å². The van der Waals surface area contributed by atoms with Crippen molar-refractivity contribution < 1.29 is 24.3 Å². The molecular formula is C27H33N5O5. The molecule has 0 aliphatic heterocycles. The van der Waals surface area contributed by atoms with Crippen LogP contribution in [0.25, 0.3) is 10.9 Å². The first-order valence-electron chi connectivity index (χ1n) is 12.1. The van der Waals surface area contributed by atoms with Crippen LogP contribution in [-0.2, 0) is 32.0 Å². The molecule has 3 aromatic rings. The molecule has 3 unspecified atom stereocenters. The van der Waals surface area contributed by atoms with Gasteiger partial charge in [-0.05, 0) is 23.1 Å². The van der Waals surface area contributed by atoms with Gasteiger partial charge in [-0.25, -0.2) is 4.79 Å². The average molecular weight is 508 g/mol. The number of fused-ring (bicyclic) bond motifs is 1. The standard InChI is InChI=1S/C27H33N5O5/c1-16(2)24(32-23(33)14-28)26(35)30-21(12-17-8-4-3-5-9-17)25(34)31-22(27(36)37)13-18-15-29-20-11-7-6-10-19(18)20/h3-11,15-16,21-22,24,29H,12-14,28H2,1-2H3,(H,30,35)(H,31,34)(H,32,33)(H,36,37). The molecule has 7 N–H and O–H groups in total. The summed E-state index contributed by atoms with van der Waals surface area (Å²) in [5.41, 5.74) is 7.77. The van der Waals surface area contributed by atoms with Crippen molar-refractivity contribution in [2.45, 2.75) is 44.8 Å². The third-order valence-electron chi connectivity index (χ3n) is 6.08. The highest BCUT2D eigenvalue weighted by Crippen LogP contribution is 2.19. The number of amides is 3. The minimum Gasteiger partial charge on any atom is -0.480 e. The van der Waals surface area contributed by atoms with E-state index in [1.165, 1.54) is 0 Å². The van der Waals surface area contributed by atoms with Crippen LogP contribution in [0.2, 0.25) is 0 Å². The van der Waals surface area contributed by atoms with E-state index in [1.807, 2.05) is 54.6 Å². The Morgan fingerprint density at radius 2 is 1.51 bits per heavy atom. The first-order valence-corrected chi connectivity index (χ1v) is 12.1. The second-order valence-corrected chi connectivity index (χ2v) is 9.21. The first kappa shape index (κ1) is 27.4. The lowest BCUT2D eigenvalue weighted by molar-refractivity contribution is -0.142. The van der Waals surface area contributed by atoms with Gasteiger partial charge < -0.3 is 31.8 Å². The topological polar surface area (TPSA) is 166 Å². The van der Waals surface area contributed by atoms with Crippen LogP contribution >= 0.6 is 0 Å². The van der Waals surface area contributed by atoms with E-state index in [-0.39, 0.29) is 25.3 Å². The summed E-state index contributed by atoms with van der Waals surface area (Å²) in [5.74, 6) is -3.17. The molecule has 0 radical (unpaired) electrons. The Hall–Kier alpha value is -4.18. The lowest BCUT2D eigenvalue weighted by atomic mass is 10.00. The maximum Gasteiger partial charge on any atom is 0.326 e. The maximum atomic E-state index is 13.4. The van der Waals surface area contributed by atoms with Crippen LogP contribution in [-0.4, -0.2) is 58.5 Å². The van der Waals surface area contributed by atoms with E-state index in [0.717, 1.165) is 22.0 Å². The SMILES string of the molecule is CC(C)C(NC(=O)CN)C(=O)NC(Cc1ccccc1)C(=O)NC(Cc1c[nH]c2ccccc12)C(=O)O. The van der Waals surface area contributed by atoms with Crippen molar-refractivity contribution >= 4 is 34.6 Å². The number of rotatable bonds is 12. The molecule has 0 bridgehead atoms. The number of hydrogen-bond acceptors (Lipinski definition) is 5. The van der Waals surface area contributed by atoms with E-state index in [2.05, 4.69) is 20.9 Å². The number of H-pyrrole nitrogens is 1. The number of aromatic nitrogens is 1. The Bertz CT molecular complexity index is 1240. The minimum atomic E-state index is -1.22. The average Bonchev–Trinajstić information content (AvgIpc) is 3.29. The summed E-state index contributed by atoms with van der Waals surface area (Å²) in [6, 6.07) is 13.3. The van der Waals surface area contributed by atoms with Crippen LogP contribution in [0.1, 0.15) is 25.0 Å². The molecule has 1 aromatic heterocycles. The minimum absolute atomic E-state index is 0.0538. The van der Waals surface area contributed by atoms with Gasteiger partial charge in [0.05, 0.1) is 6.54 Å². The fourth-order valence-electron chi connectivity index (χ4n) is 4.08. The Morgan fingerprint density at radius 1 is 0.865 bits per heavy atom. The lowest BCUT2D eigenvalue weighted by Crippen LogP contribution is -2.58. The summed E-state index contributed by atoms with van der Waals surface area (Å²) < 4.78 is 0.